The number of hydrogen-bond donors (Lipinski definition) is 0. The summed E-state index contributed by atoms with van der Waals surface area (Å²) in [6, 6.07) is 3.82. The van der Waals surface area contributed by atoms with Gasteiger partial charge in [-0.05, 0) is 43.2 Å². The van der Waals surface area contributed by atoms with Crippen molar-refractivity contribution in [3.05, 3.63) is 23.9 Å². The molecule has 0 aliphatic carbocycles. The van der Waals surface area contributed by atoms with Crippen LogP contribution in [0.1, 0.15) is 49.9 Å². The molecule has 0 aromatic carbocycles. The highest BCUT2D eigenvalue weighted by Crippen LogP contribution is 2.22. The van der Waals surface area contributed by atoms with Crippen LogP contribution in [0.3, 0.4) is 0 Å². The molecule has 2 aliphatic rings. The van der Waals surface area contributed by atoms with Crippen molar-refractivity contribution in [2.75, 3.05) is 44.7 Å². The van der Waals surface area contributed by atoms with Gasteiger partial charge in [0.1, 0.15) is 5.82 Å². The van der Waals surface area contributed by atoms with Crippen molar-refractivity contribution >= 4 is 17.6 Å². The van der Waals surface area contributed by atoms with Gasteiger partial charge in [0, 0.05) is 52.4 Å². The number of carbonyl (C=O) groups excluding carboxylic acids is 2. The van der Waals surface area contributed by atoms with Crippen LogP contribution in [0.2, 0.25) is 0 Å². The summed E-state index contributed by atoms with van der Waals surface area (Å²) < 4.78 is 0. The summed E-state index contributed by atoms with van der Waals surface area (Å²) in [4.78, 5) is 35.1. The number of rotatable bonds is 6. The topological polar surface area (TPSA) is 56.8 Å². The predicted molar refractivity (Wildman–Crippen MR) is 107 cm³/mol. The van der Waals surface area contributed by atoms with Gasteiger partial charge in [-0.3, -0.25) is 9.59 Å². The molecule has 0 atom stereocenters. The van der Waals surface area contributed by atoms with Gasteiger partial charge in [-0.15, -0.1) is 0 Å². The molecule has 2 aliphatic heterocycles. The molecule has 0 spiro atoms. The number of aromatic nitrogens is 1. The maximum Gasteiger partial charge on any atom is 0.255 e. The molecule has 3 heterocycles. The highest BCUT2D eigenvalue weighted by atomic mass is 16.2. The number of pyridine rings is 1. The van der Waals surface area contributed by atoms with Crippen LogP contribution in [0.25, 0.3) is 0 Å². The lowest BCUT2D eigenvalue weighted by Crippen LogP contribution is -2.41. The van der Waals surface area contributed by atoms with Gasteiger partial charge in [0.15, 0.2) is 0 Å². The van der Waals surface area contributed by atoms with Crippen molar-refractivity contribution in [3.8, 4) is 0 Å². The summed E-state index contributed by atoms with van der Waals surface area (Å²) in [6.45, 7) is 8.59. The molecular formula is C21H32N4O2. The molecular weight excluding hydrogens is 340 g/mol. The molecule has 0 unspecified atom stereocenters. The smallest absolute Gasteiger partial charge is 0.255 e. The van der Waals surface area contributed by atoms with Crippen molar-refractivity contribution in [3.63, 3.8) is 0 Å². The molecule has 0 bridgehead atoms. The third-order valence-corrected chi connectivity index (χ3v) is 5.58. The van der Waals surface area contributed by atoms with Crippen LogP contribution in [-0.2, 0) is 4.79 Å². The number of anilines is 1. The van der Waals surface area contributed by atoms with Crippen molar-refractivity contribution in [1.29, 1.82) is 0 Å². The van der Waals surface area contributed by atoms with Crippen molar-refractivity contribution < 1.29 is 9.59 Å². The van der Waals surface area contributed by atoms with E-state index in [4.69, 9.17) is 0 Å². The van der Waals surface area contributed by atoms with Gasteiger partial charge in [-0.2, -0.15) is 0 Å². The summed E-state index contributed by atoms with van der Waals surface area (Å²) in [6.07, 6.45) is 5.33. The normalized spacial score (nSPS) is 18.4. The molecule has 3 rings (SSSR count). The second-order valence-corrected chi connectivity index (χ2v) is 8.36. The van der Waals surface area contributed by atoms with Gasteiger partial charge in [-0.1, -0.05) is 13.8 Å². The number of piperidine rings is 1. The lowest BCUT2D eigenvalue weighted by Gasteiger charge is -2.34. The van der Waals surface area contributed by atoms with Gasteiger partial charge in [0.05, 0.1) is 5.56 Å². The van der Waals surface area contributed by atoms with Crippen LogP contribution in [0, 0.1) is 11.8 Å². The Morgan fingerprint density at radius 1 is 1.26 bits per heavy atom. The van der Waals surface area contributed by atoms with Crippen molar-refractivity contribution in [2.24, 2.45) is 11.8 Å². The Balaban J connectivity index is 1.50. The van der Waals surface area contributed by atoms with E-state index in [1.807, 2.05) is 29.0 Å². The number of hydrogen-bond acceptors (Lipinski definition) is 4. The van der Waals surface area contributed by atoms with Crippen LogP contribution in [0.4, 0.5) is 5.82 Å². The fourth-order valence-corrected chi connectivity index (χ4v) is 4.09. The molecule has 6 heteroatoms. The summed E-state index contributed by atoms with van der Waals surface area (Å²) in [5.41, 5.74) is 0.657. The van der Waals surface area contributed by atoms with Crippen LogP contribution >= 0.6 is 0 Å². The summed E-state index contributed by atoms with van der Waals surface area (Å²) in [5.74, 6) is 2.34. The van der Waals surface area contributed by atoms with Gasteiger partial charge in [0.2, 0.25) is 5.91 Å². The number of amides is 2. The SMILES string of the molecule is CC(C)CN(C)c1ccc(C(=O)N2CCC(CN3CCCC3=O)CC2)cn1. The second-order valence-electron chi connectivity index (χ2n) is 8.36. The Kier molecular flexibility index (Phi) is 6.34. The molecule has 6 nitrogen and oxygen atoms in total. The van der Waals surface area contributed by atoms with Crippen LogP contribution in [0.5, 0.6) is 0 Å². The minimum Gasteiger partial charge on any atom is -0.359 e. The average Bonchev–Trinajstić information content (AvgIpc) is 3.06. The number of likely N-dealkylation sites (tertiary alicyclic amines) is 2. The van der Waals surface area contributed by atoms with Crippen molar-refractivity contribution in [1.82, 2.24) is 14.8 Å². The van der Waals surface area contributed by atoms with E-state index >= 15 is 0 Å². The molecule has 1 aromatic rings. The van der Waals surface area contributed by atoms with E-state index in [9.17, 15) is 9.59 Å². The zero-order chi connectivity index (χ0) is 19.4. The van der Waals surface area contributed by atoms with Gasteiger partial charge < -0.3 is 14.7 Å². The van der Waals surface area contributed by atoms with E-state index in [1.165, 1.54) is 0 Å². The van der Waals surface area contributed by atoms with Crippen LogP contribution in [0.15, 0.2) is 18.3 Å². The van der Waals surface area contributed by atoms with E-state index < -0.39 is 0 Å². The number of carbonyl (C=O) groups is 2. The van der Waals surface area contributed by atoms with Crippen molar-refractivity contribution in [2.45, 2.75) is 39.5 Å². The molecule has 2 amide bonds. The second kappa shape index (κ2) is 8.72. The predicted octanol–water partition coefficient (Wildman–Crippen LogP) is 2.65. The first-order chi connectivity index (χ1) is 12.9. The molecule has 0 radical (unpaired) electrons. The third kappa shape index (κ3) is 4.99. The molecule has 148 valence electrons. The van der Waals surface area contributed by atoms with E-state index in [0.29, 0.717) is 29.7 Å². The lowest BCUT2D eigenvalue weighted by atomic mass is 9.96. The Hall–Kier alpha value is -2.11. The lowest BCUT2D eigenvalue weighted by molar-refractivity contribution is -0.128. The first-order valence-corrected chi connectivity index (χ1v) is 10.2. The van der Waals surface area contributed by atoms with E-state index in [2.05, 4.69) is 23.7 Å². The highest BCUT2D eigenvalue weighted by molar-refractivity contribution is 5.94. The standard InChI is InChI=1S/C21H32N4O2/c1-16(2)14-23(3)19-7-6-18(13-22-19)21(27)24-11-8-17(9-12-24)15-25-10-4-5-20(25)26/h6-7,13,16-17H,4-5,8-12,14-15H2,1-3H3. The van der Waals surface area contributed by atoms with Gasteiger partial charge in [-0.25, -0.2) is 4.98 Å². The van der Waals surface area contributed by atoms with Crippen LogP contribution < -0.4 is 4.90 Å². The first-order valence-electron chi connectivity index (χ1n) is 10.2. The Morgan fingerprint density at radius 3 is 2.56 bits per heavy atom. The maximum atomic E-state index is 12.8. The van der Waals surface area contributed by atoms with Crippen LogP contribution in [-0.4, -0.2) is 66.4 Å². The fraction of sp³-hybridized carbons (Fsp3) is 0.667. The molecule has 2 saturated heterocycles. The monoisotopic (exact) mass is 372 g/mol. The minimum absolute atomic E-state index is 0.0660. The largest absolute Gasteiger partial charge is 0.359 e. The zero-order valence-electron chi connectivity index (χ0n) is 16.9. The zero-order valence-corrected chi connectivity index (χ0v) is 16.9. The summed E-state index contributed by atoms with van der Waals surface area (Å²) in [7, 11) is 2.03. The molecule has 0 N–H and O–H groups in total. The summed E-state index contributed by atoms with van der Waals surface area (Å²) >= 11 is 0. The average molecular weight is 373 g/mol. The highest BCUT2D eigenvalue weighted by Gasteiger charge is 2.28. The third-order valence-electron chi connectivity index (χ3n) is 5.58. The first kappa shape index (κ1) is 19.6. The minimum atomic E-state index is 0.0660. The van der Waals surface area contributed by atoms with E-state index in [1.54, 1.807) is 6.20 Å². The Labute approximate surface area is 162 Å². The quantitative estimate of drug-likeness (QED) is 0.770. The molecule has 27 heavy (non-hydrogen) atoms. The maximum absolute atomic E-state index is 12.8. The molecule has 1 aromatic heterocycles. The Morgan fingerprint density at radius 2 is 2.00 bits per heavy atom. The summed E-state index contributed by atoms with van der Waals surface area (Å²) in [5, 5.41) is 0. The fourth-order valence-electron chi connectivity index (χ4n) is 4.09. The van der Waals surface area contributed by atoms with E-state index in [0.717, 1.165) is 57.8 Å². The number of nitrogens with zero attached hydrogens (tertiary/aromatic N) is 4. The van der Waals surface area contributed by atoms with Gasteiger partial charge in [0.25, 0.3) is 5.91 Å². The van der Waals surface area contributed by atoms with Gasteiger partial charge >= 0.3 is 0 Å². The molecule has 2 fully saturated rings. The van der Waals surface area contributed by atoms with E-state index in [-0.39, 0.29) is 5.91 Å². The Bertz CT molecular complexity index is 651. The molecule has 0 saturated carbocycles.